The van der Waals surface area contributed by atoms with Crippen molar-refractivity contribution in [1.82, 2.24) is 4.98 Å². The number of carbonyl (C=O) groups excluding carboxylic acids is 2. The fourth-order valence-corrected chi connectivity index (χ4v) is 1.78. The van der Waals surface area contributed by atoms with Gasteiger partial charge in [-0.15, -0.1) is 0 Å². The molecule has 5 nitrogen and oxygen atoms in total. The molecule has 5 heteroatoms. The van der Waals surface area contributed by atoms with E-state index in [1.807, 2.05) is 6.92 Å². The van der Waals surface area contributed by atoms with E-state index in [4.69, 9.17) is 5.73 Å². The first-order valence-electron chi connectivity index (χ1n) is 5.04. The summed E-state index contributed by atoms with van der Waals surface area (Å²) in [6.07, 6.45) is 0. The SMILES string of the molecule is COC(=O)c1cc2c(C)cc(C(N)=O)cc2[nH]1. The van der Waals surface area contributed by atoms with Crippen molar-refractivity contribution in [2.75, 3.05) is 7.11 Å². The van der Waals surface area contributed by atoms with Gasteiger partial charge in [0, 0.05) is 16.5 Å². The van der Waals surface area contributed by atoms with E-state index in [1.54, 1.807) is 18.2 Å². The number of aryl methyl sites for hydroxylation is 1. The van der Waals surface area contributed by atoms with Crippen LogP contribution in [0.4, 0.5) is 0 Å². The van der Waals surface area contributed by atoms with E-state index in [1.165, 1.54) is 7.11 Å². The Morgan fingerprint density at radius 1 is 1.29 bits per heavy atom. The lowest BCUT2D eigenvalue weighted by atomic mass is 10.1. The highest BCUT2D eigenvalue weighted by molar-refractivity contribution is 6.00. The quantitative estimate of drug-likeness (QED) is 0.766. The van der Waals surface area contributed by atoms with Gasteiger partial charge >= 0.3 is 5.97 Å². The highest BCUT2D eigenvalue weighted by Crippen LogP contribution is 2.21. The molecule has 0 bridgehead atoms. The first-order valence-corrected chi connectivity index (χ1v) is 5.04. The molecule has 1 amide bonds. The minimum atomic E-state index is -0.496. The lowest BCUT2D eigenvalue weighted by molar-refractivity contribution is 0.0595. The topological polar surface area (TPSA) is 85.2 Å². The first-order chi connectivity index (χ1) is 8.02. The Hall–Kier alpha value is -2.30. The molecule has 3 N–H and O–H groups in total. The van der Waals surface area contributed by atoms with Crippen LogP contribution in [0.2, 0.25) is 0 Å². The van der Waals surface area contributed by atoms with Gasteiger partial charge in [0.2, 0.25) is 5.91 Å². The highest BCUT2D eigenvalue weighted by Gasteiger charge is 2.12. The zero-order valence-electron chi connectivity index (χ0n) is 9.53. The van der Waals surface area contributed by atoms with E-state index in [-0.39, 0.29) is 0 Å². The third kappa shape index (κ3) is 1.87. The summed E-state index contributed by atoms with van der Waals surface area (Å²) in [6.45, 7) is 1.85. The van der Waals surface area contributed by atoms with Crippen molar-refractivity contribution in [2.45, 2.75) is 6.92 Å². The summed E-state index contributed by atoms with van der Waals surface area (Å²) in [7, 11) is 1.32. The molecule has 1 heterocycles. The lowest BCUT2D eigenvalue weighted by Gasteiger charge is -1.99. The van der Waals surface area contributed by atoms with Gasteiger partial charge in [0.1, 0.15) is 5.69 Å². The molecule has 0 aliphatic rings. The number of primary amides is 1. The van der Waals surface area contributed by atoms with E-state index in [9.17, 15) is 9.59 Å². The predicted molar refractivity (Wildman–Crippen MR) is 62.9 cm³/mol. The molecule has 1 aromatic carbocycles. The Balaban J connectivity index is 2.64. The summed E-state index contributed by atoms with van der Waals surface area (Å²) in [6, 6.07) is 5.01. The van der Waals surface area contributed by atoms with Crippen molar-refractivity contribution in [1.29, 1.82) is 0 Å². The number of H-pyrrole nitrogens is 1. The van der Waals surface area contributed by atoms with Crippen molar-refractivity contribution in [3.63, 3.8) is 0 Å². The number of nitrogens with two attached hydrogens (primary N) is 1. The fourth-order valence-electron chi connectivity index (χ4n) is 1.78. The van der Waals surface area contributed by atoms with Gasteiger partial charge in [-0.2, -0.15) is 0 Å². The molecule has 0 aliphatic heterocycles. The normalized spacial score (nSPS) is 10.5. The smallest absolute Gasteiger partial charge is 0.354 e. The Morgan fingerprint density at radius 3 is 2.59 bits per heavy atom. The number of carbonyl (C=O) groups is 2. The van der Waals surface area contributed by atoms with E-state index >= 15 is 0 Å². The van der Waals surface area contributed by atoms with Crippen molar-refractivity contribution >= 4 is 22.8 Å². The average Bonchev–Trinajstić information content (AvgIpc) is 2.72. The van der Waals surface area contributed by atoms with Gasteiger partial charge in [0.05, 0.1) is 7.11 Å². The van der Waals surface area contributed by atoms with Crippen LogP contribution in [0, 0.1) is 6.92 Å². The number of esters is 1. The molecule has 2 aromatic rings. The second kappa shape index (κ2) is 3.93. The van der Waals surface area contributed by atoms with Gasteiger partial charge in [-0.3, -0.25) is 4.79 Å². The maximum atomic E-state index is 11.4. The number of methoxy groups -OCH3 is 1. The Labute approximate surface area is 97.6 Å². The lowest BCUT2D eigenvalue weighted by Crippen LogP contribution is -2.10. The molecular formula is C12H12N2O3. The minimum absolute atomic E-state index is 0.354. The van der Waals surface area contributed by atoms with Gasteiger partial charge < -0.3 is 15.5 Å². The standard InChI is InChI=1S/C12H12N2O3/c1-6-3-7(11(13)15)4-9-8(6)5-10(14-9)12(16)17-2/h3-5,14H,1-2H3,(H2,13,15). The largest absolute Gasteiger partial charge is 0.464 e. The van der Waals surface area contributed by atoms with Crippen LogP contribution in [0.15, 0.2) is 18.2 Å². The summed E-state index contributed by atoms with van der Waals surface area (Å²) in [5, 5.41) is 0.871. The number of aromatic nitrogens is 1. The molecule has 0 fully saturated rings. The van der Waals surface area contributed by atoms with Crippen LogP contribution >= 0.6 is 0 Å². The number of hydrogen-bond acceptors (Lipinski definition) is 3. The van der Waals surface area contributed by atoms with Crippen LogP contribution in [-0.2, 0) is 4.74 Å². The number of rotatable bonds is 2. The molecule has 0 saturated carbocycles. The van der Waals surface area contributed by atoms with E-state index in [2.05, 4.69) is 9.72 Å². The average molecular weight is 232 g/mol. The summed E-state index contributed by atoms with van der Waals surface area (Å²) in [5.74, 6) is -0.939. The molecule has 0 unspecified atom stereocenters. The number of hydrogen-bond donors (Lipinski definition) is 2. The van der Waals surface area contributed by atoms with Crippen molar-refractivity contribution in [3.05, 3.63) is 35.0 Å². The number of amides is 1. The van der Waals surface area contributed by atoms with Gasteiger partial charge in [0.15, 0.2) is 0 Å². The van der Waals surface area contributed by atoms with Crippen LogP contribution in [-0.4, -0.2) is 24.0 Å². The highest BCUT2D eigenvalue weighted by atomic mass is 16.5. The molecule has 1 aromatic heterocycles. The van der Waals surface area contributed by atoms with Gasteiger partial charge in [-0.1, -0.05) is 0 Å². The molecule has 2 rings (SSSR count). The maximum Gasteiger partial charge on any atom is 0.354 e. The van der Waals surface area contributed by atoms with Crippen molar-refractivity contribution in [2.24, 2.45) is 5.73 Å². The molecule has 0 radical (unpaired) electrons. The van der Waals surface area contributed by atoms with Gasteiger partial charge in [0.25, 0.3) is 0 Å². The van der Waals surface area contributed by atoms with E-state index < -0.39 is 11.9 Å². The summed E-state index contributed by atoms with van der Waals surface area (Å²) < 4.78 is 4.62. The van der Waals surface area contributed by atoms with E-state index in [0.717, 1.165) is 10.9 Å². The van der Waals surface area contributed by atoms with Crippen LogP contribution in [0.1, 0.15) is 26.4 Å². The Kier molecular flexibility index (Phi) is 2.59. The van der Waals surface area contributed by atoms with Crippen LogP contribution in [0.3, 0.4) is 0 Å². The Morgan fingerprint density at radius 2 is 2.00 bits per heavy atom. The van der Waals surface area contributed by atoms with Crippen LogP contribution < -0.4 is 5.73 Å². The number of fused-ring (bicyclic) bond motifs is 1. The predicted octanol–water partition coefficient (Wildman–Crippen LogP) is 1.36. The molecule has 88 valence electrons. The van der Waals surface area contributed by atoms with Gasteiger partial charge in [-0.05, 0) is 30.7 Å². The summed E-state index contributed by atoms with van der Waals surface area (Å²) >= 11 is 0. The number of nitrogens with one attached hydrogen (secondary N) is 1. The van der Waals surface area contributed by atoms with Crippen molar-refractivity contribution in [3.8, 4) is 0 Å². The summed E-state index contributed by atoms with van der Waals surface area (Å²) in [4.78, 5) is 25.4. The van der Waals surface area contributed by atoms with E-state index in [0.29, 0.717) is 16.8 Å². The molecule has 0 aliphatic carbocycles. The second-order valence-electron chi connectivity index (χ2n) is 3.79. The summed E-state index contributed by atoms with van der Waals surface area (Å²) in [5.41, 5.74) is 7.56. The number of benzene rings is 1. The third-order valence-electron chi connectivity index (χ3n) is 2.63. The van der Waals surface area contributed by atoms with Crippen molar-refractivity contribution < 1.29 is 14.3 Å². The molecule has 0 saturated heterocycles. The second-order valence-corrected chi connectivity index (χ2v) is 3.79. The number of ether oxygens (including phenoxy) is 1. The first kappa shape index (κ1) is 11.2. The Bertz CT molecular complexity index is 613. The zero-order chi connectivity index (χ0) is 12.6. The van der Waals surface area contributed by atoms with Crippen LogP contribution in [0.5, 0.6) is 0 Å². The molecular weight excluding hydrogens is 220 g/mol. The molecule has 0 spiro atoms. The zero-order valence-corrected chi connectivity index (χ0v) is 9.53. The van der Waals surface area contributed by atoms with Gasteiger partial charge in [-0.25, -0.2) is 4.79 Å². The fraction of sp³-hybridized carbons (Fsp3) is 0.167. The third-order valence-corrected chi connectivity index (χ3v) is 2.63. The van der Waals surface area contributed by atoms with Crippen LogP contribution in [0.25, 0.3) is 10.9 Å². The monoisotopic (exact) mass is 232 g/mol. The molecule has 17 heavy (non-hydrogen) atoms. The molecule has 0 atom stereocenters. The number of aromatic amines is 1. The maximum absolute atomic E-state index is 11.4. The minimum Gasteiger partial charge on any atom is -0.464 e.